The number of carbonyl (C=O) groups excluding carboxylic acids is 2. The summed E-state index contributed by atoms with van der Waals surface area (Å²) >= 11 is 1.38. The number of benzene rings is 5. The molecule has 13 nitrogen and oxygen atoms in total. The molecule has 8 atom stereocenters. The van der Waals surface area contributed by atoms with E-state index in [4.69, 9.17) is 37.3 Å². The van der Waals surface area contributed by atoms with Crippen molar-refractivity contribution in [3.63, 3.8) is 0 Å². The van der Waals surface area contributed by atoms with Gasteiger partial charge in [-0.15, -0.1) is 0 Å². The van der Waals surface area contributed by atoms with Crippen molar-refractivity contribution < 1.29 is 61.3 Å². The second kappa shape index (κ2) is 60.7. The Morgan fingerprint density at radius 1 is 0.370 bits per heavy atom. The highest BCUT2D eigenvalue weighted by molar-refractivity contribution is 7.95. The summed E-state index contributed by atoms with van der Waals surface area (Å²) in [6.07, 6.45) is 44.4. The van der Waals surface area contributed by atoms with Crippen LogP contribution in [0.1, 0.15) is 311 Å². The van der Waals surface area contributed by atoms with Crippen molar-refractivity contribution in [2.75, 3.05) is 12.8 Å². The van der Waals surface area contributed by atoms with Gasteiger partial charge in [0.25, 0.3) is 0 Å². The first-order chi connectivity index (χ1) is 53.1. The van der Waals surface area contributed by atoms with Crippen molar-refractivity contribution in [2.24, 2.45) is 0 Å². The van der Waals surface area contributed by atoms with Crippen LogP contribution in [0.2, 0.25) is 0 Å². The van der Waals surface area contributed by atoms with Crippen LogP contribution in [0.3, 0.4) is 0 Å². The highest BCUT2D eigenvalue weighted by Gasteiger charge is 2.56. The predicted octanol–water partition coefficient (Wildman–Crippen LogP) is 24.9. The van der Waals surface area contributed by atoms with E-state index in [1.165, 1.54) is 140 Å². The Kier molecular flexibility index (Phi) is 51.6. The van der Waals surface area contributed by atoms with Crippen LogP contribution < -0.4 is 0 Å². The largest absolute Gasteiger partial charge is 0.462 e. The maximum absolute atomic E-state index is 14.3. The minimum Gasteiger partial charge on any atom is -0.462 e. The summed E-state index contributed by atoms with van der Waals surface area (Å²) in [5.74, 6) is -0.524. The van der Waals surface area contributed by atoms with E-state index in [-0.39, 0.29) is 63.0 Å². The molecule has 5 aromatic rings. The highest BCUT2D eigenvalue weighted by Crippen LogP contribution is 2.40. The molecule has 0 bridgehead atoms. The van der Waals surface area contributed by atoms with Crippen LogP contribution in [0.4, 0.5) is 0 Å². The van der Waals surface area contributed by atoms with Gasteiger partial charge in [0.1, 0.15) is 49.3 Å². The van der Waals surface area contributed by atoms with Gasteiger partial charge >= 0.3 is 19.5 Å². The molecule has 6 rings (SSSR count). The van der Waals surface area contributed by atoms with E-state index in [2.05, 4.69) is 86.7 Å². The number of unbranched alkanes of at least 4 members (excludes halogenated alkanes) is 34. The van der Waals surface area contributed by atoms with Crippen LogP contribution >= 0.6 is 19.6 Å². The number of carbonyl (C=O) groups is 2. The molecular weight excluding hydrogens is 1390 g/mol. The fraction of sp³-hybridized carbons (Fsp3) is 0.634. The summed E-state index contributed by atoms with van der Waals surface area (Å²) in [4.78, 5) is 46.5. The zero-order valence-electron chi connectivity index (χ0n) is 66.6. The Bertz CT molecular complexity index is 2910. The second-order valence-electron chi connectivity index (χ2n) is 30.4. The summed E-state index contributed by atoms with van der Waals surface area (Å²) in [5, 5.41) is -0.228. The SMILES string of the molecule is CCCCCCCCCCCCCCCC(=O)OCC(CC(CCCCCC/C=C\CCCCCCCCP(=O)(O)O)SOC1[C@@H](OCc2ccccc2)[C@H](OCc2ccccc2)C(OCc2ccccc2)[C@H](OCc2ccccc2)[C@@H]1OCc1ccccc1)OC(=O)CCCCCCCCCCCCCCC. The monoisotopic (exact) mass is 1530 g/mol. The lowest BCUT2D eigenvalue weighted by molar-refractivity contribution is -0.277. The van der Waals surface area contributed by atoms with Crippen molar-refractivity contribution in [3.05, 3.63) is 192 Å². The maximum atomic E-state index is 14.3. The molecule has 0 spiro atoms. The molecule has 4 unspecified atom stereocenters. The van der Waals surface area contributed by atoms with Crippen LogP contribution in [-0.2, 0) is 84.5 Å². The van der Waals surface area contributed by atoms with Crippen LogP contribution in [0.15, 0.2) is 164 Å². The van der Waals surface area contributed by atoms with Gasteiger partial charge in [0, 0.05) is 30.7 Å². The standard InChI is InChI=1S/C93H141O13PS/c1-3-5-7-9-11-13-15-19-24-28-32-36-55-69-86(94)99-78-84(105-87(95)70-56-37-33-29-25-20-16-14-12-10-8-6-4-2)72-85(68-54-35-31-27-23-21-17-18-22-26-30-34-38-57-71-107(96,97)98)108-106-93-91(103-76-82-64-50-42-51-65-82)89(101-74-80-60-46-40-47-61-80)88(100-73-79-58-44-39-45-59-79)90(102-75-81-62-48-41-49-63-81)92(93)104-77-83-66-52-43-53-67-83/h17,21,39-53,58-67,84-85,88-93H,3-16,18-20,22-38,54-57,68-78H2,1-2H3,(H2,96,97,98)/b21-17-/t84?,85?,88?,89-,90+,91-,92-,93?/m0/s1. The van der Waals surface area contributed by atoms with Gasteiger partial charge in [-0.25, -0.2) is 0 Å². The fourth-order valence-corrected chi connectivity index (χ4v) is 16.1. The van der Waals surface area contributed by atoms with Gasteiger partial charge in [0.15, 0.2) is 0 Å². The molecule has 0 saturated heterocycles. The summed E-state index contributed by atoms with van der Waals surface area (Å²) in [7, 11) is -3.92. The summed E-state index contributed by atoms with van der Waals surface area (Å²) in [6, 6.07) is 51.0. The molecule has 5 aromatic carbocycles. The van der Waals surface area contributed by atoms with Crippen LogP contribution in [0, 0.1) is 0 Å². The topological polar surface area (TPSA) is 166 Å². The molecule has 0 amide bonds. The Morgan fingerprint density at radius 3 is 0.991 bits per heavy atom. The lowest BCUT2D eigenvalue weighted by Gasteiger charge is -2.49. The van der Waals surface area contributed by atoms with Crippen molar-refractivity contribution in [1.29, 1.82) is 0 Å². The molecule has 0 aliphatic heterocycles. The lowest BCUT2D eigenvalue weighted by atomic mass is 9.83. The Morgan fingerprint density at radius 2 is 0.657 bits per heavy atom. The van der Waals surface area contributed by atoms with E-state index < -0.39 is 50.3 Å². The van der Waals surface area contributed by atoms with E-state index in [1.54, 1.807) is 0 Å². The van der Waals surface area contributed by atoms with Crippen molar-refractivity contribution in [1.82, 2.24) is 0 Å². The van der Waals surface area contributed by atoms with Crippen molar-refractivity contribution >= 4 is 31.6 Å². The van der Waals surface area contributed by atoms with Gasteiger partial charge in [-0.2, -0.15) is 0 Å². The molecule has 0 aromatic heterocycles. The molecule has 108 heavy (non-hydrogen) atoms. The third-order valence-corrected chi connectivity index (χ3v) is 22.7. The quantitative estimate of drug-likeness (QED) is 0.0124. The number of ether oxygens (including phenoxy) is 7. The van der Waals surface area contributed by atoms with Gasteiger partial charge in [0.05, 0.1) is 33.0 Å². The first kappa shape index (κ1) is 91.9. The van der Waals surface area contributed by atoms with Gasteiger partial charge in [-0.1, -0.05) is 377 Å². The Labute approximate surface area is 658 Å². The van der Waals surface area contributed by atoms with Crippen LogP contribution in [0.5, 0.6) is 0 Å². The smallest absolute Gasteiger partial charge is 0.325 e. The molecule has 0 heterocycles. The normalized spacial score (nSPS) is 17.3. The predicted molar refractivity (Wildman–Crippen MR) is 443 cm³/mol. The maximum Gasteiger partial charge on any atom is 0.325 e. The number of allylic oxidation sites excluding steroid dienone is 2. The molecule has 2 N–H and O–H groups in total. The lowest BCUT2D eigenvalue weighted by Crippen LogP contribution is -2.67. The average Bonchev–Trinajstić information content (AvgIpc) is 0.763. The van der Waals surface area contributed by atoms with E-state index in [0.717, 1.165) is 143 Å². The summed E-state index contributed by atoms with van der Waals surface area (Å²) in [5.41, 5.74) is 4.96. The molecule has 1 fully saturated rings. The van der Waals surface area contributed by atoms with Gasteiger partial charge in [-0.3, -0.25) is 14.2 Å². The fourth-order valence-electron chi connectivity index (χ4n) is 14.4. The van der Waals surface area contributed by atoms with E-state index in [0.29, 0.717) is 25.7 Å². The van der Waals surface area contributed by atoms with Crippen molar-refractivity contribution in [3.8, 4) is 0 Å². The molecule has 0 radical (unpaired) electrons. The molecule has 1 aliphatic carbocycles. The number of hydrogen-bond donors (Lipinski definition) is 2. The molecule has 602 valence electrons. The van der Waals surface area contributed by atoms with Gasteiger partial charge < -0.3 is 47.1 Å². The first-order valence-electron chi connectivity index (χ1n) is 42.7. The van der Waals surface area contributed by atoms with Crippen LogP contribution in [0.25, 0.3) is 0 Å². The number of esters is 2. The summed E-state index contributed by atoms with van der Waals surface area (Å²) in [6.45, 7) is 5.80. The molecule has 15 heteroatoms. The summed E-state index contributed by atoms with van der Waals surface area (Å²) < 4.78 is 68.1. The third-order valence-electron chi connectivity index (χ3n) is 20.8. The minimum atomic E-state index is -3.92. The van der Waals surface area contributed by atoms with E-state index >= 15 is 0 Å². The number of hydrogen-bond acceptors (Lipinski definition) is 12. The Hall–Kier alpha value is -4.96. The third kappa shape index (κ3) is 43.7. The van der Waals surface area contributed by atoms with Crippen molar-refractivity contribution in [2.45, 2.75) is 365 Å². The van der Waals surface area contributed by atoms with Gasteiger partial charge in [0.2, 0.25) is 0 Å². The zero-order valence-corrected chi connectivity index (χ0v) is 68.3. The van der Waals surface area contributed by atoms with Gasteiger partial charge in [-0.05, 0) is 91.2 Å². The van der Waals surface area contributed by atoms with Crippen LogP contribution in [-0.4, -0.2) is 82.5 Å². The second-order valence-corrected chi connectivity index (χ2v) is 33.2. The van der Waals surface area contributed by atoms with E-state index in [9.17, 15) is 23.9 Å². The highest BCUT2D eigenvalue weighted by atomic mass is 32.2. The molecule has 1 aliphatic rings. The Balaban J connectivity index is 1.27. The molecular formula is C93H141O13PS. The minimum absolute atomic E-state index is 0.0232. The first-order valence-corrected chi connectivity index (χ1v) is 45.3. The number of rotatable bonds is 67. The van der Waals surface area contributed by atoms with E-state index in [1.807, 2.05) is 91.0 Å². The zero-order chi connectivity index (χ0) is 76.3. The average molecular weight is 1530 g/mol. The molecule has 1 saturated carbocycles.